The third-order valence-corrected chi connectivity index (χ3v) is 4.04. The molecule has 0 spiro atoms. The molecule has 74 valence electrons. The van der Waals surface area contributed by atoms with E-state index in [1.54, 1.807) is 0 Å². The van der Waals surface area contributed by atoms with Gasteiger partial charge in [0.05, 0.1) is 5.75 Å². The van der Waals surface area contributed by atoms with Gasteiger partial charge in [-0.05, 0) is 6.92 Å². The number of nitrogens with zero attached hydrogens (tertiary/aromatic N) is 1. The van der Waals surface area contributed by atoms with Gasteiger partial charge in [0.2, 0.25) is 5.91 Å². The maximum absolute atomic E-state index is 11.1. The average Bonchev–Trinajstić information content (AvgIpc) is 2.28. The molecule has 0 saturated carbocycles. The first-order valence-corrected chi connectivity index (χ1v) is 6.19. The van der Waals surface area contributed by atoms with E-state index < -0.39 is 15.5 Å². The van der Waals surface area contributed by atoms with E-state index in [1.165, 1.54) is 6.92 Å². The van der Waals surface area contributed by atoms with E-state index in [-0.39, 0.29) is 16.0 Å². The zero-order chi connectivity index (χ0) is 10.2. The van der Waals surface area contributed by atoms with E-state index in [2.05, 4.69) is 0 Å². The van der Waals surface area contributed by atoms with Gasteiger partial charge in [-0.3, -0.25) is 14.2 Å². The molecule has 0 aromatic rings. The van der Waals surface area contributed by atoms with Gasteiger partial charge in [-0.2, -0.15) is 8.42 Å². The molecule has 1 heterocycles. The van der Waals surface area contributed by atoms with Crippen molar-refractivity contribution >= 4 is 44.3 Å². The quantitative estimate of drug-likeness (QED) is 0.545. The van der Waals surface area contributed by atoms with Crippen molar-refractivity contribution in [1.82, 2.24) is 4.90 Å². The molecule has 1 aliphatic rings. The molecule has 1 amide bonds. The second-order valence-corrected chi connectivity index (χ2v) is 5.75. The van der Waals surface area contributed by atoms with Gasteiger partial charge in [-0.15, -0.1) is 0 Å². The molecule has 1 atom stereocenters. The second kappa shape index (κ2) is 3.52. The van der Waals surface area contributed by atoms with E-state index in [1.807, 2.05) is 0 Å². The van der Waals surface area contributed by atoms with Crippen LogP contribution in [0.15, 0.2) is 0 Å². The summed E-state index contributed by atoms with van der Waals surface area (Å²) in [6, 6.07) is 0. The molecule has 13 heavy (non-hydrogen) atoms. The van der Waals surface area contributed by atoms with E-state index in [9.17, 15) is 13.2 Å². The first-order valence-electron chi connectivity index (χ1n) is 3.29. The van der Waals surface area contributed by atoms with Crippen molar-refractivity contribution in [2.75, 3.05) is 5.75 Å². The van der Waals surface area contributed by atoms with Crippen LogP contribution < -0.4 is 0 Å². The van der Waals surface area contributed by atoms with Crippen LogP contribution >= 0.6 is 24.0 Å². The summed E-state index contributed by atoms with van der Waals surface area (Å²) < 4.78 is 30.3. The van der Waals surface area contributed by atoms with Crippen molar-refractivity contribution in [3.63, 3.8) is 0 Å². The van der Waals surface area contributed by atoms with Crippen LogP contribution in [0.1, 0.15) is 6.92 Å². The first-order chi connectivity index (χ1) is 5.84. The Kier molecular flexibility index (Phi) is 2.95. The zero-order valence-corrected chi connectivity index (χ0v) is 9.08. The Morgan fingerprint density at radius 2 is 2.23 bits per heavy atom. The fourth-order valence-electron chi connectivity index (χ4n) is 0.849. The highest BCUT2D eigenvalue weighted by Gasteiger charge is 2.36. The highest BCUT2D eigenvalue weighted by Crippen LogP contribution is 2.23. The minimum absolute atomic E-state index is 0.138. The lowest BCUT2D eigenvalue weighted by Gasteiger charge is -2.20. The fourth-order valence-corrected chi connectivity index (χ4v) is 2.69. The Balaban J connectivity index is 2.95. The number of rotatable bonds is 2. The predicted molar refractivity (Wildman–Crippen MR) is 52.9 cm³/mol. The van der Waals surface area contributed by atoms with Crippen LogP contribution in [0.3, 0.4) is 0 Å². The van der Waals surface area contributed by atoms with Crippen LogP contribution in [0.5, 0.6) is 0 Å². The van der Waals surface area contributed by atoms with Crippen LogP contribution in [0.25, 0.3) is 0 Å². The second-order valence-electron chi connectivity index (χ2n) is 2.43. The Morgan fingerprint density at radius 1 is 1.69 bits per heavy atom. The van der Waals surface area contributed by atoms with Gasteiger partial charge in [-0.25, -0.2) is 0 Å². The van der Waals surface area contributed by atoms with Crippen LogP contribution in [0.4, 0.5) is 0 Å². The van der Waals surface area contributed by atoms with Gasteiger partial charge in [0.15, 0.2) is 5.37 Å². The maximum Gasteiger partial charge on any atom is 0.286 e. The molecule has 1 saturated heterocycles. The number of carbonyl (C=O) groups excluding carboxylic acids is 1. The minimum Gasteiger partial charge on any atom is -0.284 e. The average molecular weight is 241 g/mol. The van der Waals surface area contributed by atoms with Crippen molar-refractivity contribution in [1.29, 1.82) is 0 Å². The lowest BCUT2D eigenvalue weighted by molar-refractivity contribution is -0.124. The molecule has 1 unspecified atom stereocenters. The van der Waals surface area contributed by atoms with Crippen molar-refractivity contribution in [3.8, 4) is 0 Å². The zero-order valence-electron chi connectivity index (χ0n) is 6.63. The highest BCUT2D eigenvalue weighted by atomic mass is 32.2. The molecule has 0 radical (unpaired) electrons. The van der Waals surface area contributed by atoms with Crippen LogP contribution in [-0.2, 0) is 14.9 Å². The van der Waals surface area contributed by atoms with Crippen LogP contribution in [-0.4, -0.2) is 39.2 Å². The Morgan fingerprint density at radius 3 is 2.54 bits per heavy atom. The number of hydrogen-bond acceptors (Lipinski definition) is 5. The van der Waals surface area contributed by atoms with Crippen molar-refractivity contribution in [2.24, 2.45) is 0 Å². The summed E-state index contributed by atoms with van der Waals surface area (Å²) in [6.07, 6.45) is 0. The molecule has 1 fully saturated rings. The van der Waals surface area contributed by atoms with Crippen molar-refractivity contribution in [3.05, 3.63) is 0 Å². The molecule has 0 aromatic carbocycles. The Labute approximate surface area is 85.2 Å². The Hall–Kier alpha value is -0.180. The highest BCUT2D eigenvalue weighted by molar-refractivity contribution is 8.24. The Bertz CT molecular complexity index is 333. The molecule has 8 heteroatoms. The summed E-state index contributed by atoms with van der Waals surface area (Å²) in [6.45, 7) is 1.21. The van der Waals surface area contributed by atoms with Crippen molar-refractivity contribution in [2.45, 2.75) is 12.3 Å². The largest absolute Gasteiger partial charge is 0.286 e. The molecule has 1 aliphatic heterocycles. The summed E-state index contributed by atoms with van der Waals surface area (Å²) in [5.41, 5.74) is 0. The van der Waals surface area contributed by atoms with Crippen LogP contribution in [0.2, 0.25) is 0 Å². The standard InChI is InChI=1S/C5H7NO4S3/c1-3(13(8,9)10)6-4(7)2-12-5(6)11/h3H,2H2,1H3,(H,8,9,10). The molecule has 0 aromatic heterocycles. The lowest BCUT2D eigenvalue weighted by Crippen LogP contribution is -2.41. The molecular formula is C5H7NO4S3. The van der Waals surface area contributed by atoms with E-state index >= 15 is 0 Å². The normalized spacial score (nSPS) is 20.9. The van der Waals surface area contributed by atoms with E-state index in [0.717, 1.165) is 16.7 Å². The number of thioether (sulfide) groups is 1. The number of thiocarbonyl (C=S) groups is 1. The van der Waals surface area contributed by atoms with E-state index in [4.69, 9.17) is 16.8 Å². The predicted octanol–water partition coefficient (Wildman–Crippen LogP) is 0.0805. The van der Waals surface area contributed by atoms with Crippen molar-refractivity contribution < 1.29 is 17.8 Å². The third kappa shape index (κ3) is 2.19. The molecular weight excluding hydrogens is 234 g/mol. The summed E-state index contributed by atoms with van der Waals surface area (Å²) in [4.78, 5) is 12.0. The van der Waals surface area contributed by atoms with Crippen LogP contribution in [0, 0.1) is 0 Å². The topological polar surface area (TPSA) is 74.7 Å². The monoisotopic (exact) mass is 241 g/mol. The lowest BCUT2D eigenvalue weighted by atomic mass is 10.5. The van der Waals surface area contributed by atoms with Gasteiger partial charge in [0.1, 0.15) is 4.32 Å². The summed E-state index contributed by atoms with van der Waals surface area (Å²) in [7, 11) is -4.25. The SMILES string of the molecule is CC(N1C(=O)CSC1=S)S(=O)(=O)O. The molecule has 0 aliphatic carbocycles. The van der Waals surface area contributed by atoms with Gasteiger partial charge in [0.25, 0.3) is 10.1 Å². The first kappa shape index (κ1) is 10.9. The minimum atomic E-state index is -4.25. The maximum atomic E-state index is 11.1. The smallest absolute Gasteiger partial charge is 0.284 e. The van der Waals surface area contributed by atoms with Gasteiger partial charge in [-0.1, -0.05) is 24.0 Å². The number of carbonyl (C=O) groups is 1. The molecule has 1 N–H and O–H groups in total. The molecule has 1 rings (SSSR count). The summed E-state index contributed by atoms with van der Waals surface area (Å²) >= 11 is 5.85. The molecule has 0 bridgehead atoms. The van der Waals surface area contributed by atoms with Gasteiger partial charge < -0.3 is 0 Å². The fraction of sp³-hybridized carbons (Fsp3) is 0.600. The third-order valence-electron chi connectivity index (χ3n) is 1.58. The summed E-state index contributed by atoms with van der Waals surface area (Å²) in [5.74, 6) is -0.251. The molecule has 5 nitrogen and oxygen atoms in total. The van der Waals surface area contributed by atoms with Gasteiger partial charge in [0, 0.05) is 0 Å². The van der Waals surface area contributed by atoms with Gasteiger partial charge >= 0.3 is 0 Å². The van der Waals surface area contributed by atoms with E-state index in [0.29, 0.717) is 0 Å². The summed E-state index contributed by atoms with van der Waals surface area (Å²) in [5, 5.41) is -1.29. The number of amides is 1. The number of hydrogen-bond donors (Lipinski definition) is 1.